The number of Topliss-reactive ketones (excluding diaryl/α,β-unsaturated/α-hetero) is 1. The normalized spacial score (nSPS) is 56.7. The van der Waals surface area contributed by atoms with Gasteiger partial charge in [0.1, 0.15) is 12.6 Å². The first-order valence-corrected chi connectivity index (χ1v) is 10.5. The highest BCUT2D eigenvalue weighted by atomic mass is 16.7. The molecule has 0 radical (unpaired) electrons. The quantitative estimate of drug-likeness (QED) is 0.636. The summed E-state index contributed by atoms with van der Waals surface area (Å²) >= 11 is 0. The lowest BCUT2D eigenvalue weighted by Crippen LogP contribution is -2.69. The number of fused-ring (bicyclic) bond motifs is 4. The minimum Gasteiger partial charge on any atom is -0.351 e. The van der Waals surface area contributed by atoms with Crippen LogP contribution in [0.1, 0.15) is 79.1 Å². The molecule has 2 bridgehead atoms. The predicted octanol–water partition coefficient (Wildman–Crippen LogP) is 4.73. The first-order chi connectivity index (χ1) is 11.7. The number of ketones is 1. The third-order valence-corrected chi connectivity index (χ3v) is 10.2. The van der Waals surface area contributed by atoms with E-state index in [-0.39, 0.29) is 11.0 Å². The van der Waals surface area contributed by atoms with Gasteiger partial charge in [-0.15, -0.1) is 0 Å². The van der Waals surface area contributed by atoms with Crippen molar-refractivity contribution < 1.29 is 14.3 Å². The Morgan fingerprint density at radius 3 is 2.64 bits per heavy atom. The zero-order chi connectivity index (χ0) is 17.7. The first kappa shape index (κ1) is 16.7. The van der Waals surface area contributed by atoms with Crippen LogP contribution in [0.25, 0.3) is 0 Å². The van der Waals surface area contributed by atoms with Gasteiger partial charge in [-0.1, -0.05) is 13.8 Å². The Bertz CT molecular complexity index is 612. The van der Waals surface area contributed by atoms with Crippen LogP contribution in [-0.4, -0.2) is 24.3 Å². The third-order valence-electron chi connectivity index (χ3n) is 10.2. The van der Waals surface area contributed by atoms with Crippen LogP contribution in [0.2, 0.25) is 0 Å². The summed E-state index contributed by atoms with van der Waals surface area (Å²) in [7, 11) is 0. The highest BCUT2D eigenvalue weighted by molar-refractivity contribution is 5.82. The van der Waals surface area contributed by atoms with Gasteiger partial charge in [-0.2, -0.15) is 0 Å². The van der Waals surface area contributed by atoms with Crippen molar-refractivity contribution in [3.63, 3.8) is 0 Å². The molecule has 1 spiro atoms. The Morgan fingerprint density at radius 1 is 1.04 bits per heavy atom. The molecule has 5 rings (SSSR count). The lowest BCUT2D eigenvalue weighted by Gasteiger charge is -2.70. The van der Waals surface area contributed by atoms with Crippen molar-refractivity contribution in [3.05, 3.63) is 0 Å². The number of ether oxygens (including phenoxy) is 2. The lowest BCUT2D eigenvalue weighted by atomic mass is 9.37. The monoisotopic (exact) mass is 346 g/mol. The van der Waals surface area contributed by atoms with Crippen LogP contribution in [-0.2, 0) is 14.3 Å². The van der Waals surface area contributed by atoms with Crippen molar-refractivity contribution in [2.24, 2.45) is 34.0 Å². The van der Waals surface area contributed by atoms with E-state index in [1.165, 1.54) is 32.1 Å². The molecular formula is C22H34O3. The molecule has 0 aromatic rings. The van der Waals surface area contributed by atoms with Crippen molar-refractivity contribution in [3.8, 4) is 0 Å². The van der Waals surface area contributed by atoms with Crippen molar-refractivity contribution >= 4 is 5.78 Å². The summed E-state index contributed by atoms with van der Waals surface area (Å²) in [5.74, 6) is 2.34. The molecule has 0 N–H and O–H groups in total. The van der Waals surface area contributed by atoms with E-state index < -0.39 is 0 Å². The standard InChI is InChI=1S/C22H34O3/c1-19(2)21(4)17-6-5-15-11-14-12-22(15,10-7-16(14)23)20(17,3)9-8-18(21)24-13-25-19/h14-15,17-18H,5-13H2,1-4H3/t14-,15+,17-,18-,20+,21+,22+/m0/s1. The van der Waals surface area contributed by atoms with E-state index in [2.05, 4.69) is 27.7 Å². The highest BCUT2D eigenvalue weighted by Crippen LogP contribution is 2.75. The van der Waals surface area contributed by atoms with Gasteiger partial charge in [0.25, 0.3) is 0 Å². The van der Waals surface area contributed by atoms with E-state index in [1.807, 2.05) is 0 Å². The summed E-state index contributed by atoms with van der Waals surface area (Å²) in [4.78, 5) is 12.4. The molecule has 0 unspecified atom stereocenters. The Hall–Kier alpha value is -0.410. The van der Waals surface area contributed by atoms with E-state index in [0.717, 1.165) is 25.2 Å². The maximum Gasteiger partial charge on any atom is 0.147 e. The van der Waals surface area contributed by atoms with E-state index in [9.17, 15) is 4.79 Å². The van der Waals surface area contributed by atoms with Gasteiger partial charge in [0.05, 0.1) is 11.7 Å². The SMILES string of the molecule is CC1(C)OCO[C@H]2CC[C@]3(C)[C@H](CC[C@@H]4C[C@H]5C[C@]43CCC5=O)[C@]21C. The average Bonchev–Trinajstić information content (AvgIpc) is 2.88. The van der Waals surface area contributed by atoms with Crippen LogP contribution in [0.3, 0.4) is 0 Å². The molecular weight excluding hydrogens is 312 g/mol. The van der Waals surface area contributed by atoms with Gasteiger partial charge in [0, 0.05) is 17.8 Å². The van der Waals surface area contributed by atoms with Crippen LogP contribution >= 0.6 is 0 Å². The Morgan fingerprint density at radius 2 is 1.84 bits per heavy atom. The van der Waals surface area contributed by atoms with Crippen molar-refractivity contribution in [2.75, 3.05) is 6.79 Å². The molecule has 0 aromatic heterocycles. The largest absolute Gasteiger partial charge is 0.351 e. The summed E-state index contributed by atoms with van der Waals surface area (Å²) < 4.78 is 12.4. The average molecular weight is 347 g/mol. The van der Waals surface area contributed by atoms with Gasteiger partial charge in [-0.25, -0.2) is 0 Å². The fourth-order valence-corrected chi connectivity index (χ4v) is 8.60. The first-order valence-electron chi connectivity index (χ1n) is 10.5. The Kier molecular flexibility index (Phi) is 3.28. The molecule has 25 heavy (non-hydrogen) atoms. The van der Waals surface area contributed by atoms with Gasteiger partial charge in [-0.3, -0.25) is 4.79 Å². The van der Waals surface area contributed by atoms with Gasteiger partial charge in [0.15, 0.2) is 0 Å². The van der Waals surface area contributed by atoms with Crippen LogP contribution in [0.4, 0.5) is 0 Å². The number of rotatable bonds is 0. The topological polar surface area (TPSA) is 35.5 Å². The number of carbonyl (C=O) groups is 1. The zero-order valence-corrected chi connectivity index (χ0v) is 16.4. The highest BCUT2D eigenvalue weighted by Gasteiger charge is 2.71. The number of hydrogen-bond donors (Lipinski definition) is 0. The fourth-order valence-electron chi connectivity index (χ4n) is 8.60. The van der Waals surface area contributed by atoms with E-state index >= 15 is 0 Å². The molecule has 1 saturated heterocycles. The molecule has 0 amide bonds. The molecule has 5 fully saturated rings. The molecule has 4 saturated carbocycles. The van der Waals surface area contributed by atoms with Crippen LogP contribution in [0.5, 0.6) is 0 Å². The van der Waals surface area contributed by atoms with Crippen LogP contribution < -0.4 is 0 Å². The van der Waals surface area contributed by atoms with Crippen LogP contribution in [0, 0.1) is 34.0 Å². The molecule has 140 valence electrons. The molecule has 1 aliphatic heterocycles. The van der Waals surface area contributed by atoms with Crippen molar-refractivity contribution in [1.82, 2.24) is 0 Å². The Labute approximate surface area is 152 Å². The van der Waals surface area contributed by atoms with E-state index in [4.69, 9.17) is 9.47 Å². The second kappa shape index (κ2) is 4.90. The molecule has 7 atom stereocenters. The van der Waals surface area contributed by atoms with Gasteiger partial charge >= 0.3 is 0 Å². The van der Waals surface area contributed by atoms with Gasteiger partial charge in [-0.05, 0) is 81.5 Å². The predicted molar refractivity (Wildman–Crippen MR) is 96.0 cm³/mol. The lowest BCUT2D eigenvalue weighted by molar-refractivity contribution is -0.336. The van der Waals surface area contributed by atoms with Crippen molar-refractivity contribution in [1.29, 1.82) is 0 Å². The Balaban J connectivity index is 1.61. The van der Waals surface area contributed by atoms with E-state index in [0.29, 0.717) is 41.3 Å². The number of hydrogen-bond acceptors (Lipinski definition) is 3. The molecule has 3 nitrogen and oxygen atoms in total. The maximum atomic E-state index is 12.4. The van der Waals surface area contributed by atoms with Gasteiger partial charge in [0.2, 0.25) is 0 Å². The molecule has 0 aromatic carbocycles. The summed E-state index contributed by atoms with van der Waals surface area (Å²) in [5.41, 5.74) is 0.652. The molecule has 5 aliphatic rings. The summed E-state index contributed by atoms with van der Waals surface area (Å²) in [6, 6.07) is 0. The minimum absolute atomic E-state index is 0.0670. The number of carbonyl (C=O) groups excluding carboxylic acids is 1. The van der Waals surface area contributed by atoms with Gasteiger partial charge < -0.3 is 9.47 Å². The maximum absolute atomic E-state index is 12.4. The molecule has 1 heterocycles. The fraction of sp³-hybridized carbons (Fsp3) is 0.955. The second-order valence-electron chi connectivity index (χ2n) is 10.8. The third kappa shape index (κ3) is 1.78. The second-order valence-corrected chi connectivity index (χ2v) is 10.8. The smallest absolute Gasteiger partial charge is 0.147 e. The zero-order valence-electron chi connectivity index (χ0n) is 16.4. The summed E-state index contributed by atoms with van der Waals surface area (Å²) in [6.45, 7) is 10.1. The molecule has 3 heteroatoms. The molecule has 4 aliphatic carbocycles. The van der Waals surface area contributed by atoms with E-state index in [1.54, 1.807) is 0 Å². The minimum atomic E-state index is -0.145. The summed E-state index contributed by atoms with van der Waals surface area (Å²) in [5, 5.41) is 0. The summed E-state index contributed by atoms with van der Waals surface area (Å²) in [6.07, 6.45) is 9.67. The van der Waals surface area contributed by atoms with Crippen LogP contribution in [0.15, 0.2) is 0 Å². The van der Waals surface area contributed by atoms with Crippen molar-refractivity contribution in [2.45, 2.75) is 90.8 Å².